The molecule has 5 heteroatoms. The highest BCUT2D eigenvalue weighted by atomic mass is 16.6. The average molecular weight is 272 g/mol. The molecule has 1 heterocycles. The van der Waals surface area contributed by atoms with E-state index >= 15 is 0 Å². The van der Waals surface area contributed by atoms with E-state index in [4.69, 9.17) is 9.47 Å². The van der Waals surface area contributed by atoms with Crippen LogP contribution in [0.15, 0.2) is 0 Å². The van der Waals surface area contributed by atoms with Crippen LogP contribution in [0.3, 0.4) is 0 Å². The van der Waals surface area contributed by atoms with Gasteiger partial charge in [0.2, 0.25) is 0 Å². The number of methoxy groups -OCH3 is 1. The second kappa shape index (κ2) is 7.10. The average Bonchev–Trinajstić information content (AvgIpc) is 2.75. The van der Waals surface area contributed by atoms with Crippen molar-refractivity contribution in [2.45, 2.75) is 58.2 Å². The Hall–Kier alpha value is -0.810. The topological polar surface area (TPSA) is 50.8 Å². The predicted octanol–water partition coefficient (Wildman–Crippen LogP) is 2.01. The van der Waals surface area contributed by atoms with Crippen molar-refractivity contribution < 1.29 is 14.3 Å². The molecule has 19 heavy (non-hydrogen) atoms. The first-order valence-corrected chi connectivity index (χ1v) is 7.08. The van der Waals surface area contributed by atoms with Crippen molar-refractivity contribution in [1.82, 2.24) is 10.2 Å². The Morgan fingerprint density at radius 2 is 2.16 bits per heavy atom. The number of hydrogen-bond donors (Lipinski definition) is 1. The zero-order valence-corrected chi connectivity index (χ0v) is 12.9. The third-order valence-corrected chi connectivity index (χ3v) is 3.17. The van der Waals surface area contributed by atoms with Crippen molar-refractivity contribution in [2.24, 2.45) is 0 Å². The van der Waals surface area contributed by atoms with Crippen LogP contribution < -0.4 is 5.32 Å². The van der Waals surface area contributed by atoms with Crippen molar-refractivity contribution in [3.8, 4) is 0 Å². The molecular formula is C14H28N2O3. The molecule has 0 aliphatic carbocycles. The van der Waals surface area contributed by atoms with Gasteiger partial charge in [0.15, 0.2) is 0 Å². The highest BCUT2D eigenvalue weighted by Gasteiger charge is 2.30. The molecule has 1 amide bonds. The van der Waals surface area contributed by atoms with Crippen molar-refractivity contribution in [3.63, 3.8) is 0 Å². The fraction of sp³-hybridized carbons (Fsp3) is 0.929. The summed E-state index contributed by atoms with van der Waals surface area (Å²) in [5, 5.41) is 3.54. The summed E-state index contributed by atoms with van der Waals surface area (Å²) in [6.07, 6.45) is 1.78. The number of amides is 1. The summed E-state index contributed by atoms with van der Waals surface area (Å²) >= 11 is 0. The number of likely N-dealkylation sites (tertiary alicyclic amines) is 1. The molecule has 1 aliphatic rings. The molecule has 1 N–H and O–H groups in total. The molecule has 5 nitrogen and oxygen atoms in total. The SMILES string of the molecule is CCC(COC)NC1CCN(C(=O)OC(C)(C)C)C1. The number of carbonyl (C=O) groups excluding carboxylic acids is 1. The predicted molar refractivity (Wildman–Crippen MR) is 75.3 cm³/mol. The Morgan fingerprint density at radius 1 is 1.47 bits per heavy atom. The minimum absolute atomic E-state index is 0.211. The number of rotatable bonds is 5. The van der Waals surface area contributed by atoms with E-state index in [2.05, 4.69) is 12.2 Å². The summed E-state index contributed by atoms with van der Waals surface area (Å²) in [6, 6.07) is 0.696. The smallest absolute Gasteiger partial charge is 0.410 e. The summed E-state index contributed by atoms with van der Waals surface area (Å²) in [4.78, 5) is 13.7. The highest BCUT2D eigenvalue weighted by molar-refractivity contribution is 5.68. The quantitative estimate of drug-likeness (QED) is 0.832. The normalized spacial score (nSPS) is 21.5. The minimum atomic E-state index is -0.426. The second-order valence-electron chi connectivity index (χ2n) is 6.14. The Balaban J connectivity index is 2.38. The van der Waals surface area contributed by atoms with Crippen molar-refractivity contribution in [1.29, 1.82) is 0 Å². The first-order chi connectivity index (χ1) is 8.85. The molecule has 1 saturated heterocycles. The van der Waals surface area contributed by atoms with E-state index in [1.54, 1.807) is 12.0 Å². The van der Waals surface area contributed by atoms with Gasteiger partial charge in [-0.2, -0.15) is 0 Å². The first-order valence-electron chi connectivity index (χ1n) is 7.08. The molecule has 0 aromatic heterocycles. The third kappa shape index (κ3) is 5.78. The van der Waals surface area contributed by atoms with Crippen molar-refractivity contribution in [3.05, 3.63) is 0 Å². The van der Waals surface area contributed by atoms with Crippen LogP contribution in [0.4, 0.5) is 4.79 Å². The van der Waals surface area contributed by atoms with Gasteiger partial charge in [0.25, 0.3) is 0 Å². The number of ether oxygens (including phenoxy) is 2. The van der Waals surface area contributed by atoms with Crippen LogP contribution in [0.25, 0.3) is 0 Å². The van der Waals surface area contributed by atoms with E-state index in [0.29, 0.717) is 18.7 Å². The van der Waals surface area contributed by atoms with Gasteiger partial charge in [-0.1, -0.05) is 6.92 Å². The monoisotopic (exact) mass is 272 g/mol. The standard InChI is InChI=1S/C14H28N2O3/c1-6-11(10-18-5)15-12-7-8-16(9-12)13(17)19-14(2,3)4/h11-12,15H,6-10H2,1-5H3. The lowest BCUT2D eigenvalue weighted by atomic mass is 10.2. The van der Waals surface area contributed by atoms with Crippen LogP contribution >= 0.6 is 0 Å². The van der Waals surface area contributed by atoms with E-state index < -0.39 is 5.60 Å². The molecule has 2 atom stereocenters. The molecule has 112 valence electrons. The maximum absolute atomic E-state index is 11.9. The van der Waals surface area contributed by atoms with Crippen LogP contribution in [-0.4, -0.2) is 55.5 Å². The van der Waals surface area contributed by atoms with Gasteiger partial charge in [0, 0.05) is 32.3 Å². The third-order valence-electron chi connectivity index (χ3n) is 3.17. The van der Waals surface area contributed by atoms with E-state index in [1.807, 2.05) is 20.8 Å². The summed E-state index contributed by atoms with van der Waals surface area (Å²) in [6.45, 7) is 10.00. The largest absolute Gasteiger partial charge is 0.444 e. The van der Waals surface area contributed by atoms with E-state index in [-0.39, 0.29) is 6.09 Å². The van der Waals surface area contributed by atoms with Crippen molar-refractivity contribution >= 4 is 6.09 Å². The van der Waals surface area contributed by atoms with Crippen LogP contribution in [0.1, 0.15) is 40.5 Å². The molecule has 0 aromatic rings. The lowest BCUT2D eigenvalue weighted by Crippen LogP contribution is -2.43. The zero-order valence-electron chi connectivity index (χ0n) is 12.9. The molecule has 0 spiro atoms. The van der Waals surface area contributed by atoms with Gasteiger partial charge < -0.3 is 19.7 Å². The Morgan fingerprint density at radius 3 is 2.68 bits per heavy atom. The second-order valence-corrected chi connectivity index (χ2v) is 6.14. The molecule has 0 aromatic carbocycles. The van der Waals surface area contributed by atoms with Gasteiger partial charge in [-0.05, 0) is 33.6 Å². The van der Waals surface area contributed by atoms with Crippen LogP contribution in [0, 0.1) is 0 Å². The molecule has 1 aliphatic heterocycles. The summed E-state index contributed by atoms with van der Waals surface area (Å²) < 4.78 is 10.6. The lowest BCUT2D eigenvalue weighted by molar-refractivity contribution is 0.0289. The summed E-state index contributed by atoms with van der Waals surface area (Å²) in [7, 11) is 1.71. The highest BCUT2D eigenvalue weighted by Crippen LogP contribution is 2.15. The van der Waals surface area contributed by atoms with Gasteiger partial charge in [-0.15, -0.1) is 0 Å². The molecule has 0 saturated carbocycles. The van der Waals surface area contributed by atoms with Crippen LogP contribution in [0.2, 0.25) is 0 Å². The molecule has 0 bridgehead atoms. The van der Waals surface area contributed by atoms with E-state index in [1.165, 1.54) is 0 Å². The molecule has 0 radical (unpaired) electrons. The number of hydrogen-bond acceptors (Lipinski definition) is 4. The Bertz CT molecular complexity index is 289. The molecule has 2 unspecified atom stereocenters. The zero-order chi connectivity index (χ0) is 14.5. The number of nitrogens with zero attached hydrogens (tertiary/aromatic N) is 1. The summed E-state index contributed by atoms with van der Waals surface area (Å²) in [5.41, 5.74) is -0.426. The maximum atomic E-state index is 11.9. The summed E-state index contributed by atoms with van der Waals surface area (Å²) in [5.74, 6) is 0. The number of nitrogens with one attached hydrogen (secondary N) is 1. The van der Waals surface area contributed by atoms with Gasteiger partial charge in [0.1, 0.15) is 5.60 Å². The van der Waals surface area contributed by atoms with Gasteiger partial charge in [0.05, 0.1) is 6.61 Å². The van der Waals surface area contributed by atoms with Gasteiger partial charge in [-0.3, -0.25) is 0 Å². The fourth-order valence-electron chi connectivity index (χ4n) is 2.21. The lowest BCUT2D eigenvalue weighted by Gasteiger charge is -2.25. The van der Waals surface area contributed by atoms with E-state index in [0.717, 1.165) is 25.9 Å². The number of carbonyl (C=O) groups is 1. The Labute approximate surface area is 116 Å². The minimum Gasteiger partial charge on any atom is -0.444 e. The molecule has 1 rings (SSSR count). The first kappa shape index (κ1) is 16.2. The molecular weight excluding hydrogens is 244 g/mol. The van der Waals surface area contributed by atoms with Gasteiger partial charge >= 0.3 is 6.09 Å². The maximum Gasteiger partial charge on any atom is 0.410 e. The fourth-order valence-corrected chi connectivity index (χ4v) is 2.21. The Kier molecular flexibility index (Phi) is 6.07. The molecule has 1 fully saturated rings. The van der Waals surface area contributed by atoms with Crippen LogP contribution in [0.5, 0.6) is 0 Å². The van der Waals surface area contributed by atoms with Crippen LogP contribution in [-0.2, 0) is 9.47 Å². The van der Waals surface area contributed by atoms with Gasteiger partial charge in [-0.25, -0.2) is 4.79 Å². The van der Waals surface area contributed by atoms with Crippen molar-refractivity contribution in [2.75, 3.05) is 26.8 Å². The van der Waals surface area contributed by atoms with E-state index in [9.17, 15) is 4.79 Å².